The molecule has 20 heavy (non-hydrogen) atoms. The summed E-state index contributed by atoms with van der Waals surface area (Å²) in [5, 5.41) is 14.0. The third-order valence-corrected chi connectivity index (χ3v) is 2.47. The summed E-state index contributed by atoms with van der Waals surface area (Å²) in [7, 11) is 0. The number of aliphatic hydroxyl groups excluding tert-OH is 1. The van der Waals surface area contributed by atoms with E-state index in [0.29, 0.717) is 18.0 Å². The van der Waals surface area contributed by atoms with Gasteiger partial charge in [0.1, 0.15) is 5.75 Å². The van der Waals surface area contributed by atoms with Gasteiger partial charge in [0.25, 0.3) is 0 Å². The van der Waals surface area contributed by atoms with Crippen molar-refractivity contribution < 1.29 is 19.4 Å². The first-order valence-electron chi connectivity index (χ1n) is 6.56. The van der Waals surface area contributed by atoms with Crippen molar-refractivity contribution in [2.24, 2.45) is 0 Å². The van der Waals surface area contributed by atoms with E-state index in [1.54, 1.807) is 24.3 Å². The first-order chi connectivity index (χ1) is 9.61. The minimum absolute atomic E-state index is 0.176. The second-order valence-electron chi connectivity index (χ2n) is 4.29. The van der Waals surface area contributed by atoms with Gasteiger partial charge in [0.15, 0.2) is 0 Å². The number of urea groups is 1. The summed E-state index contributed by atoms with van der Waals surface area (Å²) in [5.74, 6) is -0.0197. The average Bonchev–Trinajstić information content (AvgIpc) is 2.38. The Morgan fingerprint density at radius 1 is 1.25 bits per heavy atom. The molecule has 0 atom stereocenters. The van der Waals surface area contributed by atoms with E-state index in [1.807, 2.05) is 0 Å². The Morgan fingerprint density at radius 3 is 2.75 bits per heavy atom. The van der Waals surface area contributed by atoms with E-state index in [9.17, 15) is 9.59 Å². The molecule has 0 saturated carbocycles. The Balaban J connectivity index is 2.36. The zero-order valence-electron chi connectivity index (χ0n) is 11.5. The topological polar surface area (TPSA) is 87.7 Å². The fourth-order valence-corrected chi connectivity index (χ4v) is 1.59. The van der Waals surface area contributed by atoms with E-state index in [4.69, 9.17) is 9.84 Å². The number of ether oxygens (including phenoxy) is 1. The summed E-state index contributed by atoms with van der Waals surface area (Å²) in [6.07, 6.45) is 2.44. The van der Waals surface area contributed by atoms with Crippen molar-refractivity contribution in [2.75, 3.05) is 18.5 Å². The van der Waals surface area contributed by atoms with Crippen molar-refractivity contribution in [1.29, 1.82) is 0 Å². The number of hydrogen-bond donors (Lipinski definition) is 3. The summed E-state index contributed by atoms with van der Waals surface area (Å²) >= 11 is 0. The minimum Gasteiger partial charge on any atom is -0.427 e. The van der Waals surface area contributed by atoms with Crippen molar-refractivity contribution in [3.8, 4) is 5.75 Å². The van der Waals surface area contributed by atoms with Gasteiger partial charge < -0.3 is 20.5 Å². The molecule has 0 unspecified atom stereocenters. The van der Waals surface area contributed by atoms with Gasteiger partial charge in [0, 0.05) is 31.8 Å². The summed E-state index contributed by atoms with van der Waals surface area (Å²) in [6, 6.07) is 6.30. The maximum Gasteiger partial charge on any atom is 0.319 e. The SMILES string of the molecule is CC(=O)Oc1cccc(NC(=O)NCCCCCO)c1. The molecule has 0 heterocycles. The van der Waals surface area contributed by atoms with Crippen molar-refractivity contribution in [2.45, 2.75) is 26.2 Å². The quantitative estimate of drug-likeness (QED) is 0.404. The van der Waals surface area contributed by atoms with Gasteiger partial charge in [-0.25, -0.2) is 4.79 Å². The second-order valence-corrected chi connectivity index (χ2v) is 4.29. The molecule has 2 amide bonds. The predicted octanol–water partition coefficient (Wildman–Crippen LogP) is 1.90. The van der Waals surface area contributed by atoms with Crippen molar-refractivity contribution in [3.05, 3.63) is 24.3 Å². The van der Waals surface area contributed by atoms with Crippen LogP contribution < -0.4 is 15.4 Å². The standard InChI is InChI=1S/C14H20N2O4/c1-11(18)20-13-7-5-6-12(10-13)16-14(19)15-8-3-2-4-9-17/h5-7,10,17H,2-4,8-9H2,1H3,(H2,15,16,19). The molecule has 0 aliphatic carbocycles. The van der Waals surface area contributed by atoms with Crippen LogP contribution in [0.1, 0.15) is 26.2 Å². The van der Waals surface area contributed by atoms with Crippen LogP contribution >= 0.6 is 0 Å². The lowest BCUT2D eigenvalue weighted by molar-refractivity contribution is -0.131. The van der Waals surface area contributed by atoms with E-state index in [2.05, 4.69) is 10.6 Å². The molecule has 0 bridgehead atoms. The smallest absolute Gasteiger partial charge is 0.319 e. The fraction of sp³-hybridized carbons (Fsp3) is 0.429. The number of esters is 1. The number of carbonyl (C=O) groups excluding carboxylic acids is 2. The van der Waals surface area contributed by atoms with E-state index < -0.39 is 5.97 Å². The van der Waals surface area contributed by atoms with Gasteiger partial charge >= 0.3 is 12.0 Å². The highest BCUT2D eigenvalue weighted by Gasteiger charge is 2.03. The number of rotatable bonds is 7. The first-order valence-corrected chi connectivity index (χ1v) is 6.56. The second kappa shape index (κ2) is 8.92. The number of anilines is 1. The lowest BCUT2D eigenvalue weighted by atomic mass is 10.2. The van der Waals surface area contributed by atoms with Gasteiger partial charge in [-0.15, -0.1) is 0 Å². The number of aliphatic hydroxyl groups is 1. The van der Waals surface area contributed by atoms with Crippen molar-refractivity contribution in [3.63, 3.8) is 0 Å². The molecule has 0 spiro atoms. The number of benzene rings is 1. The van der Waals surface area contributed by atoms with Crippen LogP contribution in [0.4, 0.5) is 10.5 Å². The molecule has 0 fully saturated rings. The van der Waals surface area contributed by atoms with Crippen molar-refractivity contribution in [1.82, 2.24) is 5.32 Å². The average molecular weight is 280 g/mol. The highest BCUT2D eigenvalue weighted by atomic mass is 16.5. The number of hydrogen-bond acceptors (Lipinski definition) is 4. The number of amides is 2. The summed E-state index contributed by atoms with van der Waals surface area (Å²) in [6.45, 7) is 2.05. The van der Waals surface area contributed by atoms with Gasteiger partial charge in [0.2, 0.25) is 0 Å². The van der Waals surface area contributed by atoms with Crippen LogP contribution in [-0.4, -0.2) is 30.3 Å². The molecule has 0 saturated heterocycles. The molecule has 6 nitrogen and oxygen atoms in total. The maximum atomic E-state index is 11.6. The molecule has 1 rings (SSSR count). The minimum atomic E-state index is -0.407. The Morgan fingerprint density at radius 2 is 2.05 bits per heavy atom. The van der Waals surface area contributed by atoms with Crippen LogP contribution in [0.25, 0.3) is 0 Å². The van der Waals surface area contributed by atoms with Gasteiger partial charge in [-0.05, 0) is 31.4 Å². The predicted molar refractivity (Wildman–Crippen MR) is 75.7 cm³/mol. The van der Waals surface area contributed by atoms with Gasteiger partial charge in [-0.3, -0.25) is 4.79 Å². The molecule has 110 valence electrons. The molecule has 3 N–H and O–H groups in total. The van der Waals surface area contributed by atoms with E-state index in [0.717, 1.165) is 19.3 Å². The Bertz CT molecular complexity index is 449. The Kier molecular flexibility index (Phi) is 7.13. The molecule has 0 radical (unpaired) electrons. The van der Waals surface area contributed by atoms with Gasteiger partial charge in [-0.1, -0.05) is 6.07 Å². The molecular weight excluding hydrogens is 260 g/mol. The maximum absolute atomic E-state index is 11.6. The normalized spacial score (nSPS) is 9.90. The van der Waals surface area contributed by atoms with E-state index in [-0.39, 0.29) is 12.6 Å². The molecule has 0 aliphatic rings. The molecular formula is C14H20N2O4. The highest BCUT2D eigenvalue weighted by Crippen LogP contribution is 2.17. The lowest BCUT2D eigenvalue weighted by Crippen LogP contribution is -2.29. The summed E-state index contributed by atoms with van der Waals surface area (Å²) < 4.78 is 4.93. The molecule has 1 aromatic rings. The van der Waals surface area contributed by atoms with Crippen LogP contribution in [0.2, 0.25) is 0 Å². The van der Waals surface area contributed by atoms with Crippen LogP contribution in [0.5, 0.6) is 5.75 Å². The van der Waals surface area contributed by atoms with E-state index >= 15 is 0 Å². The van der Waals surface area contributed by atoms with E-state index in [1.165, 1.54) is 6.92 Å². The summed E-state index contributed by atoms with van der Waals surface area (Å²) in [5.41, 5.74) is 0.552. The zero-order chi connectivity index (χ0) is 14.8. The van der Waals surface area contributed by atoms with Gasteiger partial charge in [0.05, 0.1) is 0 Å². The molecule has 0 aromatic heterocycles. The third kappa shape index (κ3) is 6.75. The summed E-state index contributed by atoms with van der Waals surface area (Å²) in [4.78, 5) is 22.4. The zero-order valence-corrected chi connectivity index (χ0v) is 11.5. The van der Waals surface area contributed by atoms with Crippen molar-refractivity contribution >= 4 is 17.7 Å². The first kappa shape index (κ1) is 16.0. The van der Waals surface area contributed by atoms with Crippen LogP contribution in [0.15, 0.2) is 24.3 Å². The number of unbranched alkanes of at least 4 members (excludes halogenated alkanes) is 2. The van der Waals surface area contributed by atoms with Crippen LogP contribution in [0, 0.1) is 0 Å². The molecule has 1 aromatic carbocycles. The molecule has 6 heteroatoms. The fourth-order valence-electron chi connectivity index (χ4n) is 1.59. The van der Waals surface area contributed by atoms with Crippen LogP contribution in [-0.2, 0) is 4.79 Å². The Hall–Kier alpha value is -2.08. The molecule has 0 aliphatic heterocycles. The third-order valence-electron chi connectivity index (χ3n) is 2.47. The monoisotopic (exact) mass is 280 g/mol. The number of nitrogens with one attached hydrogen (secondary N) is 2. The van der Waals surface area contributed by atoms with Crippen LogP contribution in [0.3, 0.4) is 0 Å². The van der Waals surface area contributed by atoms with Gasteiger partial charge in [-0.2, -0.15) is 0 Å². The lowest BCUT2D eigenvalue weighted by Gasteiger charge is -2.08. The largest absolute Gasteiger partial charge is 0.427 e. The Labute approximate surface area is 118 Å². The highest BCUT2D eigenvalue weighted by molar-refractivity contribution is 5.89. The number of carbonyl (C=O) groups is 2.